The predicted molar refractivity (Wildman–Crippen MR) is 81.0 cm³/mol. The molecule has 4 nitrogen and oxygen atoms in total. The Morgan fingerprint density at radius 1 is 1.58 bits per heavy atom. The molecule has 6 heteroatoms. The van der Waals surface area contributed by atoms with Crippen LogP contribution in [0.15, 0.2) is 5.38 Å². The van der Waals surface area contributed by atoms with Gasteiger partial charge in [-0.2, -0.15) is 0 Å². The number of carbonyl (C=O) groups excluding carboxylic acids is 1. The van der Waals surface area contributed by atoms with Crippen molar-refractivity contribution in [3.05, 3.63) is 16.1 Å². The third-order valence-corrected chi connectivity index (χ3v) is 4.67. The predicted octanol–water partition coefficient (Wildman–Crippen LogP) is 2.33. The molecule has 0 bridgehead atoms. The maximum absolute atomic E-state index is 12.4. The summed E-state index contributed by atoms with van der Waals surface area (Å²) in [5, 5.41) is 2.82. The van der Waals surface area contributed by atoms with Gasteiger partial charge in [0.05, 0.1) is 5.01 Å². The van der Waals surface area contributed by atoms with Gasteiger partial charge in [0, 0.05) is 24.4 Å². The molecule has 0 radical (unpaired) electrons. The number of nitrogens with zero attached hydrogens (tertiary/aromatic N) is 2. The molecule has 108 valence electrons. The van der Waals surface area contributed by atoms with Gasteiger partial charge in [-0.3, -0.25) is 4.79 Å². The molecule has 1 aromatic rings. The highest BCUT2D eigenvalue weighted by atomic mass is 35.5. The van der Waals surface area contributed by atoms with Crippen LogP contribution in [0.3, 0.4) is 0 Å². The number of thiazole rings is 1. The number of nitrogens with two attached hydrogens (primary N) is 1. The second-order valence-corrected chi connectivity index (χ2v) is 5.97. The molecule has 0 aliphatic carbocycles. The smallest absolute Gasteiger partial charge is 0.273 e. The molecular formula is C13H22ClN3OS. The maximum atomic E-state index is 12.4. The van der Waals surface area contributed by atoms with Crippen molar-refractivity contribution in [1.82, 2.24) is 9.88 Å². The van der Waals surface area contributed by atoms with Gasteiger partial charge in [0.15, 0.2) is 0 Å². The maximum Gasteiger partial charge on any atom is 0.273 e. The third kappa shape index (κ3) is 3.68. The van der Waals surface area contributed by atoms with Gasteiger partial charge in [-0.15, -0.1) is 23.7 Å². The molecule has 2 heterocycles. The molecule has 1 aromatic heterocycles. The fourth-order valence-electron chi connectivity index (χ4n) is 2.42. The van der Waals surface area contributed by atoms with Crippen molar-refractivity contribution in [2.45, 2.75) is 39.2 Å². The van der Waals surface area contributed by atoms with Crippen LogP contribution in [0.1, 0.15) is 42.2 Å². The van der Waals surface area contributed by atoms with Gasteiger partial charge in [-0.05, 0) is 32.2 Å². The van der Waals surface area contributed by atoms with Gasteiger partial charge in [-0.25, -0.2) is 4.98 Å². The van der Waals surface area contributed by atoms with Crippen molar-refractivity contribution >= 4 is 29.7 Å². The number of rotatable bonds is 3. The molecule has 2 atom stereocenters. The SMILES string of the molecule is CC1CCCN(C(=O)c2csc(CCN)n2)C1C.Cl. The summed E-state index contributed by atoms with van der Waals surface area (Å²) < 4.78 is 0. The minimum absolute atomic E-state index is 0. The first kappa shape index (κ1) is 16.4. The monoisotopic (exact) mass is 303 g/mol. The van der Waals surface area contributed by atoms with Gasteiger partial charge in [0.1, 0.15) is 5.69 Å². The summed E-state index contributed by atoms with van der Waals surface area (Å²) >= 11 is 1.53. The zero-order valence-electron chi connectivity index (χ0n) is 11.5. The fourth-order valence-corrected chi connectivity index (χ4v) is 3.20. The van der Waals surface area contributed by atoms with E-state index in [1.807, 2.05) is 10.3 Å². The molecule has 0 spiro atoms. The molecule has 1 saturated heterocycles. The van der Waals surface area contributed by atoms with Gasteiger partial charge in [0.25, 0.3) is 5.91 Å². The van der Waals surface area contributed by atoms with Crippen LogP contribution in [0.2, 0.25) is 0 Å². The van der Waals surface area contributed by atoms with Crippen LogP contribution in [0.5, 0.6) is 0 Å². The van der Waals surface area contributed by atoms with Crippen LogP contribution in [0.4, 0.5) is 0 Å². The molecule has 2 unspecified atom stereocenters. The molecular weight excluding hydrogens is 282 g/mol. The average Bonchev–Trinajstić information content (AvgIpc) is 2.81. The molecule has 1 amide bonds. The van der Waals surface area contributed by atoms with Crippen LogP contribution < -0.4 is 5.73 Å². The minimum atomic E-state index is 0. The standard InChI is InChI=1S/C13H21N3OS.ClH/c1-9-4-3-7-16(10(9)2)13(17)11-8-18-12(15-11)5-6-14;/h8-10H,3-7,14H2,1-2H3;1H. The number of hydrogen-bond acceptors (Lipinski definition) is 4. The van der Waals surface area contributed by atoms with Gasteiger partial charge in [-0.1, -0.05) is 6.92 Å². The van der Waals surface area contributed by atoms with Crippen molar-refractivity contribution in [3.63, 3.8) is 0 Å². The van der Waals surface area contributed by atoms with Crippen LogP contribution in [0.25, 0.3) is 0 Å². The second-order valence-electron chi connectivity index (χ2n) is 5.02. The highest BCUT2D eigenvalue weighted by Gasteiger charge is 2.29. The molecule has 0 saturated carbocycles. The normalized spacial score (nSPS) is 23.0. The fraction of sp³-hybridized carbons (Fsp3) is 0.692. The van der Waals surface area contributed by atoms with E-state index >= 15 is 0 Å². The highest BCUT2D eigenvalue weighted by molar-refractivity contribution is 7.09. The van der Waals surface area contributed by atoms with E-state index in [2.05, 4.69) is 18.8 Å². The second kappa shape index (κ2) is 7.22. The van der Waals surface area contributed by atoms with Crippen molar-refractivity contribution in [2.75, 3.05) is 13.1 Å². The Labute approximate surface area is 124 Å². The van der Waals surface area contributed by atoms with Crippen LogP contribution >= 0.6 is 23.7 Å². The van der Waals surface area contributed by atoms with Crippen LogP contribution in [-0.2, 0) is 6.42 Å². The van der Waals surface area contributed by atoms with Gasteiger partial charge < -0.3 is 10.6 Å². The number of likely N-dealkylation sites (tertiary alicyclic amines) is 1. The van der Waals surface area contributed by atoms with E-state index in [1.165, 1.54) is 17.8 Å². The quantitative estimate of drug-likeness (QED) is 0.932. The van der Waals surface area contributed by atoms with Crippen molar-refractivity contribution in [2.24, 2.45) is 11.7 Å². The zero-order valence-corrected chi connectivity index (χ0v) is 13.1. The topological polar surface area (TPSA) is 59.2 Å². The molecule has 2 N–H and O–H groups in total. The van der Waals surface area contributed by atoms with E-state index < -0.39 is 0 Å². The minimum Gasteiger partial charge on any atom is -0.334 e. The number of amides is 1. The number of carbonyl (C=O) groups is 1. The lowest BCUT2D eigenvalue weighted by Crippen LogP contribution is -2.46. The first-order chi connectivity index (χ1) is 8.63. The average molecular weight is 304 g/mol. The van der Waals surface area contributed by atoms with E-state index in [9.17, 15) is 4.79 Å². The van der Waals surface area contributed by atoms with Gasteiger partial charge >= 0.3 is 0 Å². The Kier molecular flexibility index (Phi) is 6.23. The van der Waals surface area contributed by atoms with E-state index in [0.717, 1.165) is 24.4 Å². The molecule has 2 rings (SSSR count). The number of halogens is 1. The molecule has 0 aromatic carbocycles. The van der Waals surface area contributed by atoms with Crippen molar-refractivity contribution < 1.29 is 4.79 Å². The highest BCUT2D eigenvalue weighted by Crippen LogP contribution is 2.24. The lowest BCUT2D eigenvalue weighted by Gasteiger charge is -2.37. The molecule has 1 aliphatic heterocycles. The number of hydrogen-bond donors (Lipinski definition) is 1. The summed E-state index contributed by atoms with van der Waals surface area (Å²) in [6.07, 6.45) is 3.06. The van der Waals surface area contributed by atoms with E-state index in [4.69, 9.17) is 5.73 Å². The number of piperidine rings is 1. The zero-order chi connectivity index (χ0) is 13.1. The molecule has 1 fully saturated rings. The van der Waals surface area contributed by atoms with E-state index in [1.54, 1.807) is 0 Å². The molecule has 1 aliphatic rings. The Balaban J connectivity index is 0.00000180. The summed E-state index contributed by atoms with van der Waals surface area (Å²) in [5.74, 6) is 0.651. The Morgan fingerprint density at radius 2 is 2.32 bits per heavy atom. The van der Waals surface area contributed by atoms with Crippen molar-refractivity contribution in [3.8, 4) is 0 Å². The summed E-state index contributed by atoms with van der Waals surface area (Å²) in [5.41, 5.74) is 6.09. The lowest BCUT2D eigenvalue weighted by atomic mass is 9.92. The third-order valence-electron chi connectivity index (χ3n) is 3.76. The Bertz CT molecular complexity index is 424. The summed E-state index contributed by atoms with van der Waals surface area (Å²) in [4.78, 5) is 18.8. The number of aromatic nitrogens is 1. The van der Waals surface area contributed by atoms with Crippen molar-refractivity contribution in [1.29, 1.82) is 0 Å². The van der Waals surface area contributed by atoms with Crippen LogP contribution in [-0.4, -0.2) is 34.9 Å². The van der Waals surface area contributed by atoms with Crippen LogP contribution in [0, 0.1) is 5.92 Å². The largest absolute Gasteiger partial charge is 0.334 e. The Hall–Kier alpha value is -0.650. The molecule has 19 heavy (non-hydrogen) atoms. The van der Waals surface area contributed by atoms with Gasteiger partial charge in [0.2, 0.25) is 0 Å². The first-order valence-corrected chi connectivity index (χ1v) is 7.47. The van der Waals surface area contributed by atoms with E-state index in [-0.39, 0.29) is 18.3 Å². The summed E-state index contributed by atoms with van der Waals surface area (Å²) in [6.45, 7) is 5.78. The first-order valence-electron chi connectivity index (χ1n) is 6.59. The summed E-state index contributed by atoms with van der Waals surface area (Å²) in [6, 6.07) is 0.311. The summed E-state index contributed by atoms with van der Waals surface area (Å²) in [7, 11) is 0. The Morgan fingerprint density at radius 3 is 3.00 bits per heavy atom. The van der Waals surface area contributed by atoms with E-state index in [0.29, 0.717) is 24.2 Å². The lowest BCUT2D eigenvalue weighted by molar-refractivity contribution is 0.0545.